The molecule has 2 aromatic rings. The first-order valence-corrected chi connectivity index (χ1v) is 8.98. The van der Waals surface area contributed by atoms with Crippen molar-refractivity contribution < 1.29 is 8.42 Å². The molecule has 0 aromatic heterocycles. The molecule has 0 spiro atoms. The number of sulfonamides is 1. The second-order valence-corrected chi connectivity index (χ2v) is 7.43. The topological polar surface area (TPSA) is 75.4 Å². The van der Waals surface area contributed by atoms with Crippen molar-refractivity contribution in [2.75, 3.05) is 32.9 Å². The third-order valence-corrected chi connectivity index (χ3v) is 4.99. The monoisotopic (exact) mass is 333 g/mol. The summed E-state index contributed by atoms with van der Waals surface area (Å²) in [6.07, 6.45) is 0.769. The second kappa shape index (κ2) is 7.59. The van der Waals surface area contributed by atoms with Gasteiger partial charge in [0, 0.05) is 17.8 Å². The number of hydrogen-bond donors (Lipinski definition) is 2. The Balaban J connectivity index is 2.08. The third-order valence-electron chi connectivity index (χ3n) is 3.51. The number of hydrogen-bond acceptors (Lipinski definition) is 4. The lowest BCUT2D eigenvalue weighted by Gasteiger charge is -2.11. The van der Waals surface area contributed by atoms with Gasteiger partial charge in [-0.25, -0.2) is 13.1 Å². The molecule has 0 radical (unpaired) electrons. The van der Waals surface area contributed by atoms with Crippen LogP contribution in [0.2, 0.25) is 0 Å². The van der Waals surface area contributed by atoms with E-state index in [4.69, 9.17) is 5.73 Å². The molecule has 3 N–H and O–H groups in total. The summed E-state index contributed by atoms with van der Waals surface area (Å²) >= 11 is 0. The van der Waals surface area contributed by atoms with Crippen molar-refractivity contribution in [2.45, 2.75) is 11.3 Å². The van der Waals surface area contributed by atoms with Crippen molar-refractivity contribution in [3.05, 3.63) is 48.5 Å². The van der Waals surface area contributed by atoms with Crippen molar-refractivity contribution in [2.24, 2.45) is 0 Å². The summed E-state index contributed by atoms with van der Waals surface area (Å²) in [5.74, 6) is 0. The van der Waals surface area contributed by atoms with Crippen LogP contribution < -0.4 is 10.5 Å². The lowest BCUT2D eigenvalue weighted by Crippen LogP contribution is -2.27. The van der Waals surface area contributed by atoms with Crippen molar-refractivity contribution in [3.63, 3.8) is 0 Å². The first-order valence-electron chi connectivity index (χ1n) is 7.49. The predicted molar refractivity (Wildman–Crippen MR) is 94.6 cm³/mol. The van der Waals surface area contributed by atoms with Crippen LogP contribution in [-0.4, -0.2) is 40.5 Å². The van der Waals surface area contributed by atoms with Crippen molar-refractivity contribution in [1.82, 2.24) is 9.62 Å². The van der Waals surface area contributed by atoms with Gasteiger partial charge in [0.1, 0.15) is 0 Å². The maximum Gasteiger partial charge on any atom is 0.240 e. The number of nitrogen functional groups attached to an aromatic ring is 1. The molecule has 6 heteroatoms. The van der Waals surface area contributed by atoms with E-state index in [0.29, 0.717) is 12.2 Å². The lowest BCUT2D eigenvalue weighted by molar-refractivity contribution is 0.400. The van der Waals surface area contributed by atoms with Crippen LogP contribution in [0.3, 0.4) is 0 Å². The minimum Gasteiger partial charge on any atom is -0.398 e. The summed E-state index contributed by atoms with van der Waals surface area (Å²) in [5, 5.41) is 0. The second-order valence-electron chi connectivity index (χ2n) is 5.67. The summed E-state index contributed by atoms with van der Waals surface area (Å²) in [6, 6.07) is 14.3. The van der Waals surface area contributed by atoms with Gasteiger partial charge >= 0.3 is 0 Å². The van der Waals surface area contributed by atoms with Crippen LogP contribution in [0.15, 0.2) is 53.4 Å². The molecule has 2 rings (SSSR count). The minimum absolute atomic E-state index is 0.264. The van der Waals surface area contributed by atoms with Crippen molar-refractivity contribution in [3.8, 4) is 11.1 Å². The van der Waals surface area contributed by atoms with Gasteiger partial charge in [-0.3, -0.25) is 0 Å². The van der Waals surface area contributed by atoms with Crippen LogP contribution in [0.4, 0.5) is 5.69 Å². The van der Waals surface area contributed by atoms with E-state index in [9.17, 15) is 8.42 Å². The van der Waals surface area contributed by atoms with Crippen LogP contribution in [0, 0.1) is 0 Å². The van der Waals surface area contributed by atoms with Crippen LogP contribution in [0.25, 0.3) is 11.1 Å². The first-order chi connectivity index (χ1) is 10.9. The van der Waals surface area contributed by atoms with E-state index >= 15 is 0 Å². The fraction of sp³-hybridized carbons (Fsp3) is 0.294. The average molecular weight is 333 g/mol. The Morgan fingerprint density at radius 1 is 1.04 bits per heavy atom. The Labute approximate surface area is 138 Å². The molecule has 2 aromatic carbocycles. The molecule has 23 heavy (non-hydrogen) atoms. The molecular weight excluding hydrogens is 310 g/mol. The van der Waals surface area contributed by atoms with E-state index in [2.05, 4.69) is 4.72 Å². The molecule has 0 atom stereocenters. The number of anilines is 1. The van der Waals surface area contributed by atoms with Crippen molar-refractivity contribution >= 4 is 15.7 Å². The van der Waals surface area contributed by atoms with E-state index in [0.717, 1.165) is 24.1 Å². The third kappa shape index (κ3) is 4.79. The van der Waals surface area contributed by atoms with E-state index in [-0.39, 0.29) is 4.90 Å². The van der Waals surface area contributed by atoms with E-state index in [1.807, 2.05) is 43.3 Å². The number of nitrogens with zero attached hydrogens (tertiary/aromatic N) is 1. The minimum atomic E-state index is -3.47. The van der Waals surface area contributed by atoms with Crippen LogP contribution in [-0.2, 0) is 10.0 Å². The molecule has 0 unspecified atom stereocenters. The Bertz CT molecular complexity index is 741. The predicted octanol–water partition coefficient (Wildman–Crippen LogP) is 2.17. The molecule has 0 bridgehead atoms. The molecule has 0 amide bonds. The molecule has 0 heterocycles. The lowest BCUT2D eigenvalue weighted by atomic mass is 10.0. The molecule has 0 aliphatic carbocycles. The van der Waals surface area contributed by atoms with Crippen LogP contribution in [0.1, 0.15) is 6.42 Å². The molecule has 124 valence electrons. The van der Waals surface area contributed by atoms with E-state index < -0.39 is 10.0 Å². The maximum absolute atomic E-state index is 12.2. The summed E-state index contributed by atoms with van der Waals surface area (Å²) in [7, 11) is 0.455. The van der Waals surface area contributed by atoms with Crippen LogP contribution in [0.5, 0.6) is 0 Å². The van der Waals surface area contributed by atoms with Crippen molar-refractivity contribution in [1.29, 1.82) is 0 Å². The van der Waals surface area contributed by atoms with Crippen LogP contribution >= 0.6 is 0 Å². The fourth-order valence-corrected chi connectivity index (χ4v) is 3.33. The zero-order valence-electron chi connectivity index (χ0n) is 13.5. The maximum atomic E-state index is 12.2. The van der Waals surface area contributed by atoms with E-state index in [1.54, 1.807) is 24.3 Å². The molecule has 0 aliphatic heterocycles. The summed E-state index contributed by atoms with van der Waals surface area (Å²) in [4.78, 5) is 2.29. The van der Waals surface area contributed by atoms with Gasteiger partial charge in [0.15, 0.2) is 0 Å². The summed E-state index contributed by atoms with van der Waals surface area (Å²) < 4.78 is 27.1. The number of nitrogens with two attached hydrogens (primary N) is 1. The number of nitrogens with one attached hydrogen (secondary N) is 1. The molecule has 0 saturated carbocycles. The molecule has 0 aliphatic rings. The van der Waals surface area contributed by atoms with Gasteiger partial charge < -0.3 is 10.6 Å². The van der Waals surface area contributed by atoms with Gasteiger partial charge in [-0.2, -0.15) is 0 Å². The highest BCUT2D eigenvalue weighted by Crippen LogP contribution is 2.26. The van der Waals surface area contributed by atoms with Gasteiger partial charge in [0.2, 0.25) is 10.0 Å². The number of para-hydroxylation sites is 1. The highest BCUT2D eigenvalue weighted by atomic mass is 32.2. The van der Waals surface area contributed by atoms with E-state index in [1.165, 1.54) is 0 Å². The first kappa shape index (κ1) is 17.5. The summed E-state index contributed by atoms with van der Waals surface area (Å²) in [5.41, 5.74) is 8.41. The van der Waals surface area contributed by atoms with Gasteiger partial charge in [0.25, 0.3) is 0 Å². The smallest absolute Gasteiger partial charge is 0.240 e. The Morgan fingerprint density at radius 3 is 2.30 bits per heavy atom. The fourth-order valence-electron chi connectivity index (χ4n) is 2.26. The highest BCUT2D eigenvalue weighted by molar-refractivity contribution is 7.89. The quantitative estimate of drug-likeness (QED) is 0.601. The largest absolute Gasteiger partial charge is 0.398 e. The Morgan fingerprint density at radius 2 is 1.70 bits per heavy atom. The van der Waals surface area contributed by atoms with Gasteiger partial charge in [-0.1, -0.05) is 30.3 Å². The zero-order valence-corrected chi connectivity index (χ0v) is 14.3. The number of benzene rings is 2. The highest BCUT2D eigenvalue weighted by Gasteiger charge is 2.13. The standard InChI is InChI=1S/C17H23N3O2S/c1-20(2)13-5-12-19-23(21,22)15-10-8-14(9-11-15)16-6-3-4-7-17(16)18/h3-4,6-11,19H,5,12-13,18H2,1-2H3. The Hall–Kier alpha value is -1.89. The number of rotatable bonds is 7. The van der Waals surface area contributed by atoms with Gasteiger partial charge in [-0.05, 0) is 50.8 Å². The van der Waals surface area contributed by atoms with Gasteiger partial charge in [-0.15, -0.1) is 0 Å². The Kier molecular flexibility index (Phi) is 5.76. The SMILES string of the molecule is CN(C)CCCNS(=O)(=O)c1ccc(-c2ccccc2N)cc1. The molecule has 0 fully saturated rings. The molecular formula is C17H23N3O2S. The van der Waals surface area contributed by atoms with Gasteiger partial charge in [0.05, 0.1) is 4.90 Å². The molecule has 5 nitrogen and oxygen atoms in total. The zero-order chi connectivity index (χ0) is 16.9. The normalized spacial score (nSPS) is 11.8. The summed E-state index contributed by atoms with van der Waals surface area (Å²) in [6.45, 7) is 1.27. The molecule has 0 saturated heterocycles. The average Bonchev–Trinajstić information content (AvgIpc) is 2.52.